The van der Waals surface area contributed by atoms with E-state index in [9.17, 15) is 14.7 Å². The number of hydrogen-bond acceptors (Lipinski definition) is 3. The van der Waals surface area contributed by atoms with Crippen molar-refractivity contribution in [3.63, 3.8) is 0 Å². The fourth-order valence-corrected chi connectivity index (χ4v) is 5.21. The van der Waals surface area contributed by atoms with Gasteiger partial charge < -0.3 is 19.7 Å². The first-order chi connectivity index (χ1) is 17.4. The molecule has 3 aromatic carbocycles. The Morgan fingerprint density at radius 2 is 1.50 bits per heavy atom. The highest BCUT2D eigenvalue weighted by molar-refractivity contribution is 5.81. The Balaban J connectivity index is 1.28. The molecule has 1 aliphatic rings. The van der Waals surface area contributed by atoms with Crippen LogP contribution in [0.1, 0.15) is 34.0 Å². The van der Waals surface area contributed by atoms with Crippen molar-refractivity contribution in [3.8, 4) is 16.8 Å². The molecule has 4 aromatic rings. The Morgan fingerprint density at radius 1 is 0.917 bits per heavy atom. The Hall–Kier alpha value is -4.32. The molecule has 36 heavy (non-hydrogen) atoms. The number of aryl methyl sites for hydroxylation is 1. The molecule has 1 amide bonds. The summed E-state index contributed by atoms with van der Waals surface area (Å²) in [6, 6.07) is 26.9. The van der Waals surface area contributed by atoms with Gasteiger partial charge >= 0.3 is 12.1 Å². The van der Waals surface area contributed by atoms with Gasteiger partial charge in [0.15, 0.2) is 0 Å². The molecule has 1 unspecified atom stereocenters. The summed E-state index contributed by atoms with van der Waals surface area (Å²) < 4.78 is 7.65. The summed E-state index contributed by atoms with van der Waals surface area (Å²) in [7, 11) is 0. The number of carbonyl (C=O) groups excluding carboxylic acids is 1. The third kappa shape index (κ3) is 4.38. The van der Waals surface area contributed by atoms with E-state index in [2.05, 4.69) is 22.0 Å². The van der Waals surface area contributed by atoms with Crippen LogP contribution in [0.25, 0.3) is 16.8 Å². The quantitative estimate of drug-likeness (QED) is 0.359. The van der Waals surface area contributed by atoms with E-state index >= 15 is 0 Å². The maximum Gasteiger partial charge on any atom is 0.407 e. The van der Waals surface area contributed by atoms with Gasteiger partial charge in [-0.15, -0.1) is 0 Å². The number of amides is 1. The smallest absolute Gasteiger partial charge is 0.407 e. The van der Waals surface area contributed by atoms with Crippen molar-refractivity contribution in [2.24, 2.45) is 0 Å². The molecule has 0 saturated carbocycles. The van der Waals surface area contributed by atoms with Gasteiger partial charge in [-0.1, -0.05) is 66.7 Å². The Labute approximate surface area is 210 Å². The molecule has 182 valence electrons. The Morgan fingerprint density at radius 3 is 2.11 bits per heavy atom. The molecule has 0 fully saturated rings. The highest BCUT2D eigenvalue weighted by atomic mass is 16.5. The number of benzene rings is 3. The molecule has 0 bridgehead atoms. The number of nitrogens with zero attached hydrogens (tertiary/aromatic N) is 1. The van der Waals surface area contributed by atoms with Gasteiger partial charge in [0.25, 0.3) is 0 Å². The van der Waals surface area contributed by atoms with Crippen LogP contribution in [-0.2, 0) is 16.0 Å². The Kier molecular flexibility index (Phi) is 6.34. The lowest BCUT2D eigenvalue weighted by Crippen LogP contribution is -2.43. The van der Waals surface area contributed by atoms with Gasteiger partial charge in [-0.25, -0.2) is 9.59 Å². The molecular formula is C30H28N2O4. The number of aromatic nitrogens is 1. The average molecular weight is 481 g/mol. The number of hydrogen-bond donors (Lipinski definition) is 2. The molecule has 2 N–H and O–H groups in total. The van der Waals surface area contributed by atoms with Crippen LogP contribution < -0.4 is 5.32 Å². The number of carbonyl (C=O) groups is 2. The molecule has 6 heteroatoms. The second-order valence-electron chi connectivity index (χ2n) is 9.13. The standard InChI is InChI=1S/C30H28N2O4/c1-19-16-21(20(2)32(19)22-10-4-3-5-11-22)17-28(29(33)34)31-30(35)36-18-27-25-14-8-6-12-23(25)24-13-7-9-15-26(24)27/h3-16,27-28H,17-18H2,1-2H3,(H,31,35)(H,33,34). The van der Waals surface area contributed by atoms with Gasteiger partial charge in [0.2, 0.25) is 0 Å². The minimum absolute atomic E-state index is 0.0868. The molecule has 1 aromatic heterocycles. The summed E-state index contributed by atoms with van der Waals surface area (Å²) in [5.74, 6) is -1.19. The SMILES string of the molecule is Cc1cc(CC(NC(=O)OCC2c3ccccc3-c3ccccc32)C(=O)O)c(C)n1-c1ccccc1. The molecule has 0 radical (unpaired) electrons. The average Bonchev–Trinajstić information content (AvgIpc) is 3.35. The van der Waals surface area contributed by atoms with Crippen molar-refractivity contribution in [1.29, 1.82) is 0 Å². The molecular weight excluding hydrogens is 452 g/mol. The highest BCUT2D eigenvalue weighted by Gasteiger charge is 2.30. The number of alkyl carbamates (subject to hydrolysis) is 1. The van der Waals surface area contributed by atoms with E-state index in [0.29, 0.717) is 0 Å². The first kappa shape index (κ1) is 23.4. The van der Waals surface area contributed by atoms with E-state index < -0.39 is 18.1 Å². The van der Waals surface area contributed by atoms with E-state index in [-0.39, 0.29) is 18.9 Å². The lowest BCUT2D eigenvalue weighted by atomic mass is 9.98. The lowest BCUT2D eigenvalue weighted by molar-refractivity contribution is -0.139. The van der Waals surface area contributed by atoms with E-state index in [1.807, 2.05) is 86.6 Å². The van der Waals surface area contributed by atoms with Crippen LogP contribution in [0.15, 0.2) is 84.9 Å². The normalized spacial score (nSPS) is 13.1. The molecule has 6 nitrogen and oxygen atoms in total. The van der Waals surface area contributed by atoms with Crippen LogP contribution in [0.4, 0.5) is 4.79 Å². The van der Waals surface area contributed by atoms with E-state index in [4.69, 9.17) is 4.74 Å². The number of carboxylic acid groups (broad SMARTS) is 1. The zero-order chi connectivity index (χ0) is 25.2. The molecule has 0 saturated heterocycles. The van der Waals surface area contributed by atoms with Crippen molar-refractivity contribution in [3.05, 3.63) is 113 Å². The van der Waals surface area contributed by atoms with Crippen LogP contribution in [0, 0.1) is 13.8 Å². The summed E-state index contributed by atoms with van der Waals surface area (Å²) >= 11 is 0. The van der Waals surface area contributed by atoms with Crippen LogP contribution in [0.2, 0.25) is 0 Å². The number of rotatable bonds is 7. The largest absolute Gasteiger partial charge is 0.480 e. The zero-order valence-corrected chi connectivity index (χ0v) is 20.3. The van der Waals surface area contributed by atoms with Crippen LogP contribution in [-0.4, -0.2) is 34.4 Å². The number of para-hydroxylation sites is 1. The second-order valence-corrected chi connectivity index (χ2v) is 9.13. The van der Waals surface area contributed by atoms with Crippen LogP contribution >= 0.6 is 0 Å². The molecule has 1 aliphatic carbocycles. The van der Waals surface area contributed by atoms with Gasteiger partial charge in [-0.3, -0.25) is 0 Å². The van der Waals surface area contributed by atoms with Gasteiger partial charge in [0.1, 0.15) is 12.6 Å². The van der Waals surface area contributed by atoms with Crippen molar-refractivity contribution in [1.82, 2.24) is 9.88 Å². The fraction of sp³-hybridized carbons (Fsp3) is 0.200. The first-order valence-electron chi connectivity index (χ1n) is 12.0. The van der Waals surface area contributed by atoms with E-state index in [1.54, 1.807) is 0 Å². The number of fused-ring (bicyclic) bond motifs is 3. The number of aliphatic carboxylic acids is 1. The van der Waals surface area contributed by atoms with Crippen molar-refractivity contribution in [2.75, 3.05) is 6.61 Å². The summed E-state index contributed by atoms with van der Waals surface area (Å²) in [5.41, 5.74) is 8.30. The molecule has 0 aliphatic heterocycles. The van der Waals surface area contributed by atoms with Crippen LogP contribution in [0.3, 0.4) is 0 Å². The van der Waals surface area contributed by atoms with E-state index in [1.165, 1.54) is 0 Å². The molecule has 0 spiro atoms. The zero-order valence-electron chi connectivity index (χ0n) is 20.3. The predicted molar refractivity (Wildman–Crippen MR) is 139 cm³/mol. The summed E-state index contributed by atoms with van der Waals surface area (Å²) in [5, 5.41) is 12.4. The number of nitrogens with one attached hydrogen (secondary N) is 1. The maximum absolute atomic E-state index is 12.7. The lowest BCUT2D eigenvalue weighted by Gasteiger charge is -2.18. The minimum Gasteiger partial charge on any atom is -0.480 e. The summed E-state index contributed by atoms with van der Waals surface area (Å²) in [6.45, 7) is 4.08. The van der Waals surface area contributed by atoms with Crippen molar-refractivity contribution >= 4 is 12.1 Å². The number of ether oxygens (including phenoxy) is 1. The third-order valence-corrected chi connectivity index (χ3v) is 6.91. The van der Waals surface area contributed by atoms with Crippen molar-refractivity contribution < 1.29 is 19.4 Å². The third-order valence-electron chi connectivity index (χ3n) is 6.91. The number of carboxylic acids is 1. The molecule has 5 rings (SSSR count). The van der Waals surface area contributed by atoms with Gasteiger partial charge in [0, 0.05) is 29.4 Å². The summed E-state index contributed by atoms with van der Waals surface area (Å²) in [4.78, 5) is 24.7. The minimum atomic E-state index is -1.11. The van der Waals surface area contributed by atoms with Gasteiger partial charge in [0.05, 0.1) is 0 Å². The fourth-order valence-electron chi connectivity index (χ4n) is 5.21. The van der Waals surface area contributed by atoms with Gasteiger partial charge in [-0.05, 0) is 59.9 Å². The first-order valence-corrected chi connectivity index (χ1v) is 12.0. The highest BCUT2D eigenvalue weighted by Crippen LogP contribution is 2.44. The second kappa shape index (κ2) is 9.74. The topological polar surface area (TPSA) is 80.6 Å². The molecule has 1 heterocycles. The van der Waals surface area contributed by atoms with Crippen LogP contribution in [0.5, 0.6) is 0 Å². The monoisotopic (exact) mass is 480 g/mol. The molecule has 1 atom stereocenters. The summed E-state index contributed by atoms with van der Waals surface area (Å²) in [6.07, 6.45) is -0.576. The van der Waals surface area contributed by atoms with Gasteiger partial charge in [-0.2, -0.15) is 0 Å². The Bertz CT molecular complexity index is 1380. The van der Waals surface area contributed by atoms with E-state index in [0.717, 1.165) is 44.9 Å². The maximum atomic E-state index is 12.7. The van der Waals surface area contributed by atoms with Crippen molar-refractivity contribution in [2.45, 2.75) is 32.2 Å². The predicted octanol–water partition coefficient (Wildman–Crippen LogP) is 5.63.